The number of rotatable bonds is 0. The van der Waals surface area contributed by atoms with Gasteiger partial charge in [-0.1, -0.05) is 18.2 Å². The Morgan fingerprint density at radius 2 is 1.83 bits per heavy atom. The summed E-state index contributed by atoms with van der Waals surface area (Å²) in [6.45, 7) is 0. The van der Waals surface area contributed by atoms with Crippen LogP contribution in [-0.4, -0.2) is 0 Å². The summed E-state index contributed by atoms with van der Waals surface area (Å²) in [5.74, 6) is 0.322. The van der Waals surface area contributed by atoms with Gasteiger partial charge in [-0.15, -0.1) is 0 Å². The first-order valence-corrected chi connectivity index (χ1v) is 5.61. The fourth-order valence-electron chi connectivity index (χ4n) is 2.36. The number of fused-ring (bicyclic) bond motifs is 5. The molecule has 0 unspecified atom stereocenters. The summed E-state index contributed by atoms with van der Waals surface area (Å²) < 4.78 is 11.3. The van der Waals surface area contributed by atoms with E-state index in [1.807, 2.05) is 42.5 Å². The average Bonchev–Trinajstić information content (AvgIpc) is 2.98. The zero-order chi connectivity index (χ0) is 12.1. The first-order valence-electron chi connectivity index (χ1n) is 5.61. The summed E-state index contributed by atoms with van der Waals surface area (Å²) >= 11 is 0. The lowest BCUT2D eigenvalue weighted by Gasteiger charge is -1.90. The maximum Gasteiger partial charge on any atom is 0.204 e. The summed E-state index contributed by atoms with van der Waals surface area (Å²) in [5.41, 5.74) is 2.33. The molecule has 2 aromatic heterocycles. The van der Waals surface area contributed by atoms with E-state index in [0.29, 0.717) is 11.3 Å². The highest BCUT2D eigenvalue weighted by Crippen LogP contribution is 2.35. The summed E-state index contributed by atoms with van der Waals surface area (Å²) in [6.07, 6.45) is 0. The molecule has 3 heteroatoms. The van der Waals surface area contributed by atoms with Crippen molar-refractivity contribution in [2.75, 3.05) is 0 Å². The van der Waals surface area contributed by atoms with E-state index in [9.17, 15) is 0 Å². The van der Waals surface area contributed by atoms with Crippen LogP contribution in [0, 0.1) is 11.3 Å². The minimum absolute atomic E-state index is 0.322. The van der Waals surface area contributed by atoms with Crippen LogP contribution in [0.15, 0.2) is 51.3 Å². The molecule has 18 heavy (non-hydrogen) atoms. The number of para-hydroxylation sites is 1. The van der Waals surface area contributed by atoms with Gasteiger partial charge in [-0.25, -0.2) is 0 Å². The van der Waals surface area contributed by atoms with Crippen molar-refractivity contribution in [1.82, 2.24) is 0 Å². The second kappa shape index (κ2) is 3.14. The summed E-state index contributed by atoms with van der Waals surface area (Å²) in [7, 11) is 0. The zero-order valence-corrected chi connectivity index (χ0v) is 9.31. The van der Waals surface area contributed by atoms with E-state index in [4.69, 9.17) is 14.1 Å². The molecule has 2 aromatic carbocycles. The lowest BCUT2D eigenvalue weighted by atomic mass is 10.1. The van der Waals surface area contributed by atoms with Crippen molar-refractivity contribution < 1.29 is 8.83 Å². The van der Waals surface area contributed by atoms with Crippen LogP contribution in [0.4, 0.5) is 0 Å². The largest absolute Gasteiger partial charge is 0.456 e. The molecule has 0 bridgehead atoms. The maximum absolute atomic E-state index is 8.91. The number of nitrogens with zero attached hydrogens (tertiary/aromatic N) is 1. The molecule has 4 aromatic rings. The molecule has 0 aliphatic heterocycles. The molecule has 0 aliphatic carbocycles. The normalized spacial score (nSPS) is 11.3. The Bertz CT molecular complexity index is 938. The van der Waals surface area contributed by atoms with Crippen molar-refractivity contribution in [2.45, 2.75) is 0 Å². The minimum Gasteiger partial charge on any atom is -0.456 e. The van der Waals surface area contributed by atoms with Gasteiger partial charge in [-0.3, -0.25) is 0 Å². The van der Waals surface area contributed by atoms with Gasteiger partial charge in [0.25, 0.3) is 0 Å². The molecule has 0 spiro atoms. The van der Waals surface area contributed by atoms with Gasteiger partial charge in [-0.2, -0.15) is 5.26 Å². The zero-order valence-electron chi connectivity index (χ0n) is 9.31. The predicted octanol–water partition coefficient (Wildman–Crippen LogP) is 4.20. The highest BCUT2D eigenvalue weighted by atomic mass is 16.3. The van der Waals surface area contributed by atoms with Crippen molar-refractivity contribution in [3.8, 4) is 6.07 Å². The molecule has 84 valence electrons. The summed E-state index contributed by atoms with van der Waals surface area (Å²) in [6, 6.07) is 15.4. The highest BCUT2D eigenvalue weighted by Gasteiger charge is 2.13. The summed E-state index contributed by atoms with van der Waals surface area (Å²) in [4.78, 5) is 0. The van der Waals surface area contributed by atoms with Gasteiger partial charge in [0.15, 0.2) is 0 Å². The van der Waals surface area contributed by atoms with Crippen molar-refractivity contribution in [3.63, 3.8) is 0 Å². The number of hydrogen-bond donors (Lipinski definition) is 0. The van der Waals surface area contributed by atoms with Gasteiger partial charge in [-0.05, 0) is 18.2 Å². The predicted molar refractivity (Wildman–Crippen MR) is 68.2 cm³/mol. The Hall–Kier alpha value is -2.73. The molecule has 0 aliphatic rings. The van der Waals surface area contributed by atoms with Gasteiger partial charge in [0.2, 0.25) is 5.76 Å². The molecule has 4 rings (SSSR count). The number of benzene rings is 2. The molecule has 0 radical (unpaired) electrons. The van der Waals surface area contributed by atoms with Gasteiger partial charge in [0.1, 0.15) is 22.8 Å². The highest BCUT2D eigenvalue weighted by molar-refractivity contribution is 6.16. The van der Waals surface area contributed by atoms with Crippen LogP contribution in [0.25, 0.3) is 32.9 Å². The molecule has 0 saturated carbocycles. The number of hydrogen-bond acceptors (Lipinski definition) is 3. The van der Waals surface area contributed by atoms with Gasteiger partial charge >= 0.3 is 0 Å². The fourth-order valence-corrected chi connectivity index (χ4v) is 2.36. The van der Waals surface area contributed by atoms with Crippen molar-refractivity contribution in [1.29, 1.82) is 5.26 Å². The van der Waals surface area contributed by atoms with Gasteiger partial charge in [0, 0.05) is 16.8 Å². The summed E-state index contributed by atoms with van der Waals surface area (Å²) in [5, 5.41) is 11.8. The number of nitriles is 1. The van der Waals surface area contributed by atoms with E-state index in [-0.39, 0.29) is 0 Å². The third kappa shape index (κ3) is 1.07. The van der Waals surface area contributed by atoms with E-state index >= 15 is 0 Å². The SMILES string of the molecule is N#Cc1cc2ccc3oc4ccccc4c3c2o1. The van der Waals surface area contributed by atoms with E-state index in [1.54, 1.807) is 6.07 Å². The third-order valence-electron chi connectivity index (χ3n) is 3.14. The average molecular weight is 233 g/mol. The van der Waals surface area contributed by atoms with Crippen molar-refractivity contribution >= 4 is 32.9 Å². The van der Waals surface area contributed by atoms with Crippen LogP contribution in [-0.2, 0) is 0 Å². The second-order valence-corrected chi connectivity index (χ2v) is 4.18. The van der Waals surface area contributed by atoms with Gasteiger partial charge in [0.05, 0.1) is 5.39 Å². The molecule has 0 amide bonds. The van der Waals surface area contributed by atoms with Crippen molar-refractivity contribution in [3.05, 3.63) is 48.2 Å². The Morgan fingerprint density at radius 1 is 0.944 bits per heavy atom. The van der Waals surface area contributed by atoms with Crippen LogP contribution < -0.4 is 0 Å². The Labute approximate surface area is 102 Å². The van der Waals surface area contributed by atoms with E-state index < -0.39 is 0 Å². The molecule has 2 heterocycles. The van der Waals surface area contributed by atoms with Crippen LogP contribution in [0.3, 0.4) is 0 Å². The first-order chi connectivity index (χ1) is 8.86. The van der Waals surface area contributed by atoms with E-state index in [2.05, 4.69) is 0 Å². The first kappa shape index (κ1) is 9.32. The minimum atomic E-state index is 0.322. The smallest absolute Gasteiger partial charge is 0.204 e. The van der Waals surface area contributed by atoms with Crippen LogP contribution >= 0.6 is 0 Å². The van der Waals surface area contributed by atoms with Crippen LogP contribution in [0.5, 0.6) is 0 Å². The molecular weight excluding hydrogens is 226 g/mol. The second-order valence-electron chi connectivity index (χ2n) is 4.18. The Kier molecular flexibility index (Phi) is 1.63. The fraction of sp³-hybridized carbons (Fsp3) is 0. The quantitative estimate of drug-likeness (QED) is 0.457. The molecule has 0 atom stereocenters. The van der Waals surface area contributed by atoms with Crippen molar-refractivity contribution in [2.24, 2.45) is 0 Å². The Morgan fingerprint density at radius 3 is 2.72 bits per heavy atom. The van der Waals surface area contributed by atoms with Crippen LogP contribution in [0.2, 0.25) is 0 Å². The molecule has 0 fully saturated rings. The lowest BCUT2D eigenvalue weighted by Crippen LogP contribution is -1.67. The topological polar surface area (TPSA) is 50.1 Å². The molecule has 0 N–H and O–H groups in total. The lowest BCUT2D eigenvalue weighted by molar-refractivity contribution is 0.602. The third-order valence-corrected chi connectivity index (χ3v) is 3.14. The molecule has 0 saturated heterocycles. The maximum atomic E-state index is 8.91. The number of furan rings is 2. The van der Waals surface area contributed by atoms with Gasteiger partial charge < -0.3 is 8.83 Å². The van der Waals surface area contributed by atoms with Crippen LogP contribution in [0.1, 0.15) is 5.76 Å². The standard InChI is InChI=1S/C15H7NO2/c16-8-10-7-9-5-6-13-14(15(9)17-10)11-3-1-2-4-12(11)18-13/h1-7H. The van der Waals surface area contributed by atoms with E-state index in [1.165, 1.54) is 0 Å². The molecular formula is C15H7NO2. The molecule has 3 nitrogen and oxygen atoms in total. The van der Waals surface area contributed by atoms with E-state index in [0.717, 1.165) is 27.3 Å². The monoisotopic (exact) mass is 233 g/mol. The Balaban J connectivity index is 2.32.